The van der Waals surface area contributed by atoms with Crippen molar-refractivity contribution in [2.24, 2.45) is 0 Å². The van der Waals surface area contributed by atoms with Crippen LogP contribution in [0.25, 0.3) is 0 Å². The lowest BCUT2D eigenvalue weighted by atomic mass is 10.2. The van der Waals surface area contributed by atoms with Gasteiger partial charge in [0.2, 0.25) is 0 Å². The molecule has 0 unspecified atom stereocenters. The summed E-state index contributed by atoms with van der Waals surface area (Å²) in [5.41, 5.74) is 0.834. The first-order valence-electron chi connectivity index (χ1n) is 6.21. The molecule has 21 heavy (non-hydrogen) atoms. The van der Waals surface area contributed by atoms with Gasteiger partial charge in [-0.1, -0.05) is 30.9 Å². The summed E-state index contributed by atoms with van der Waals surface area (Å²) >= 11 is 1.68. The van der Waals surface area contributed by atoms with Gasteiger partial charge in [-0.2, -0.15) is 0 Å². The average molecular weight is 305 g/mol. The van der Waals surface area contributed by atoms with E-state index in [4.69, 9.17) is 0 Å². The number of ketones is 1. The molecule has 1 aromatic carbocycles. The fourth-order valence-corrected chi connectivity index (χ4v) is 1.70. The molecule has 0 aliphatic carbocycles. The molecule has 0 bridgehead atoms. The number of carbonyl (C=O) groups is 1. The highest BCUT2D eigenvalue weighted by atomic mass is 32.2. The number of rotatable bonds is 5. The number of Topliss-reactive ketones (excluding diaryl/α,β-unsaturated/α-hetero) is 1. The van der Waals surface area contributed by atoms with Crippen LogP contribution in [0.4, 0.5) is 0 Å². The van der Waals surface area contributed by atoms with Gasteiger partial charge in [0.15, 0.2) is 5.78 Å². The molecular formula is C16H19NO3S. The first kappa shape index (κ1) is 18.9. The molecular weight excluding hydrogens is 286 g/mol. The molecule has 0 fully saturated rings. The minimum Gasteiger partial charge on any atom is -0.295 e. The Morgan fingerprint density at radius 2 is 1.90 bits per heavy atom. The Labute approximate surface area is 129 Å². The van der Waals surface area contributed by atoms with E-state index in [0.29, 0.717) is 0 Å². The van der Waals surface area contributed by atoms with Crippen molar-refractivity contribution >= 4 is 17.5 Å². The van der Waals surface area contributed by atoms with Gasteiger partial charge in [0.1, 0.15) is 0 Å². The second kappa shape index (κ2) is 10.6. The fraction of sp³-hybridized carbons (Fsp3) is 0.188. The first-order valence-corrected chi connectivity index (χ1v) is 7.43. The van der Waals surface area contributed by atoms with Crippen molar-refractivity contribution in [1.82, 2.24) is 0 Å². The summed E-state index contributed by atoms with van der Waals surface area (Å²) in [7, 11) is 0. The molecule has 0 aliphatic heterocycles. The molecule has 0 amide bonds. The summed E-state index contributed by atoms with van der Waals surface area (Å²) in [4.78, 5) is 21.7. The largest absolute Gasteiger partial charge is 0.295 e. The third-order valence-electron chi connectivity index (χ3n) is 2.33. The number of nitro groups is 1. The van der Waals surface area contributed by atoms with E-state index >= 15 is 0 Å². The summed E-state index contributed by atoms with van der Waals surface area (Å²) in [5, 5.41) is 10.1. The van der Waals surface area contributed by atoms with Crippen LogP contribution >= 0.6 is 11.8 Å². The molecule has 5 heteroatoms. The molecule has 4 nitrogen and oxygen atoms in total. The van der Waals surface area contributed by atoms with Gasteiger partial charge in [-0.3, -0.25) is 14.9 Å². The smallest absolute Gasteiger partial charge is 0.269 e. The van der Waals surface area contributed by atoms with E-state index in [1.807, 2.05) is 30.5 Å². The summed E-state index contributed by atoms with van der Waals surface area (Å²) in [6, 6.07) is 7.63. The van der Waals surface area contributed by atoms with E-state index in [9.17, 15) is 14.9 Å². The zero-order chi connectivity index (χ0) is 16.3. The van der Waals surface area contributed by atoms with Crippen molar-refractivity contribution in [2.45, 2.75) is 18.7 Å². The summed E-state index contributed by atoms with van der Waals surface area (Å²) in [5.74, 6) is 0.123. The predicted molar refractivity (Wildman–Crippen MR) is 88.3 cm³/mol. The van der Waals surface area contributed by atoms with Gasteiger partial charge >= 0.3 is 0 Å². The Hall–Kier alpha value is -2.14. The molecule has 0 aromatic heterocycles. The van der Waals surface area contributed by atoms with E-state index in [-0.39, 0.29) is 11.5 Å². The van der Waals surface area contributed by atoms with E-state index in [2.05, 4.69) is 6.58 Å². The van der Waals surface area contributed by atoms with Crippen LogP contribution in [0.15, 0.2) is 65.7 Å². The summed E-state index contributed by atoms with van der Waals surface area (Å²) in [6.07, 6.45) is 7.78. The molecule has 0 heterocycles. The van der Waals surface area contributed by atoms with Crippen molar-refractivity contribution in [3.63, 3.8) is 0 Å². The minimum absolute atomic E-state index is 0.0532. The topological polar surface area (TPSA) is 60.2 Å². The number of allylic oxidation sites excluding steroid dienone is 4. The van der Waals surface area contributed by atoms with Crippen molar-refractivity contribution in [3.05, 3.63) is 76.5 Å². The highest BCUT2D eigenvalue weighted by Crippen LogP contribution is 2.14. The fourth-order valence-electron chi connectivity index (χ4n) is 1.29. The van der Waals surface area contributed by atoms with Crippen molar-refractivity contribution in [1.29, 1.82) is 0 Å². The van der Waals surface area contributed by atoms with E-state index in [0.717, 1.165) is 5.56 Å². The monoisotopic (exact) mass is 305 g/mol. The summed E-state index contributed by atoms with van der Waals surface area (Å²) in [6.45, 7) is 6.65. The van der Waals surface area contributed by atoms with Crippen LogP contribution in [0.1, 0.15) is 24.2 Å². The van der Waals surface area contributed by atoms with Gasteiger partial charge in [0.25, 0.3) is 5.70 Å². The van der Waals surface area contributed by atoms with Gasteiger partial charge in [0.05, 0.1) is 4.92 Å². The van der Waals surface area contributed by atoms with Crippen molar-refractivity contribution in [2.75, 3.05) is 6.26 Å². The first-order chi connectivity index (χ1) is 9.96. The Morgan fingerprint density at radius 1 is 1.33 bits per heavy atom. The number of nitrogens with zero attached hydrogens (tertiary/aromatic N) is 1. The molecule has 0 saturated heterocycles. The maximum atomic E-state index is 10.8. The number of hydrogen-bond donors (Lipinski definition) is 0. The van der Waals surface area contributed by atoms with E-state index < -0.39 is 4.92 Å². The average Bonchev–Trinajstić information content (AvgIpc) is 2.47. The minimum atomic E-state index is -0.457. The zero-order valence-corrected chi connectivity index (χ0v) is 13.2. The number of thioether (sulfide) groups is 1. The van der Waals surface area contributed by atoms with E-state index in [1.165, 1.54) is 23.1 Å². The zero-order valence-electron chi connectivity index (χ0n) is 12.4. The van der Waals surface area contributed by atoms with Crippen LogP contribution in [0, 0.1) is 10.1 Å². The number of hydrogen-bond acceptors (Lipinski definition) is 4. The number of benzene rings is 1. The molecule has 1 aromatic rings. The van der Waals surface area contributed by atoms with Crippen LogP contribution < -0.4 is 0 Å². The summed E-state index contributed by atoms with van der Waals surface area (Å²) < 4.78 is 0. The molecule has 112 valence electrons. The molecule has 0 spiro atoms. The lowest BCUT2D eigenvalue weighted by molar-refractivity contribution is -0.419. The Kier molecular flexibility index (Phi) is 9.54. The highest BCUT2D eigenvalue weighted by molar-refractivity contribution is 7.98. The van der Waals surface area contributed by atoms with Crippen LogP contribution in [0.2, 0.25) is 0 Å². The second-order valence-electron chi connectivity index (χ2n) is 3.87. The quantitative estimate of drug-likeness (QED) is 0.264. The van der Waals surface area contributed by atoms with Crippen molar-refractivity contribution in [3.8, 4) is 0 Å². The Balaban J connectivity index is 0.000000384. The second-order valence-corrected chi connectivity index (χ2v) is 4.75. The lowest BCUT2D eigenvalue weighted by Gasteiger charge is -1.96. The Bertz CT molecular complexity index is 545. The van der Waals surface area contributed by atoms with Crippen LogP contribution in [0.5, 0.6) is 0 Å². The SMILES string of the molecule is C=C/C=C(\C=C/C)[N+](=O)[O-].CSc1ccc(C(C)=O)cc1. The maximum absolute atomic E-state index is 10.8. The lowest BCUT2D eigenvalue weighted by Crippen LogP contribution is -1.93. The van der Waals surface area contributed by atoms with Crippen molar-refractivity contribution < 1.29 is 9.72 Å². The molecule has 0 N–H and O–H groups in total. The van der Waals surface area contributed by atoms with Gasteiger partial charge < -0.3 is 0 Å². The van der Waals surface area contributed by atoms with Crippen LogP contribution in [0.3, 0.4) is 0 Å². The predicted octanol–water partition coefficient (Wildman–Crippen LogP) is 4.52. The molecule has 0 atom stereocenters. The van der Waals surface area contributed by atoms with Gasteiger partial charge in [-0.15, -0.1) is 11.8 Å². The highest BCUT2D eigenvalue weighted by Gasteiger charge is 2.01. The van der Waals surface area contributed by atoms with Crippen LogP contribution in [-0.2, 0) is 0 Å². The molecule has 0 radical (unpaired) electrons. The number of carbonyl (C=O) groups excluding carboxylic acids is 1. The third kappa shape index (κ3) is 7.89. The van der Waals surface area contributed by atoms with E-state index in [1.54, 1.807) is 31.7 Å². The Morgan fingerprint density at radius 3 is 2.24 bits per heavy atom. The molecule has 0 aliphatic rings. The van der Waals surface area contributed by atoms with Crippen LogP contribution in [-0.4, -0.2) is 17.0 Å². The molecule has 1 rings (SSSR count). The molecule has 0 saturated carbocycles. The van der Waals surface area contributed by atoms with Gasteiger partial charge in [-0.25, -0.2) is 0 Å². The van der Waals surface area contributed by atoms with Gasteiger partial charge in [0, 0.05) is 22.6 Å². The normalized spacial score (nSPS) is 10.7. The van der Waals surface area contributed by atoms with Gasteiger partial charge in [-0.05, 0) is 32.2 Å². The standard InChI is InChI=1S/C9H10OS.C7H9NO2/c1-7(10)8-3-5-9(11-2)6-4-8;1-3-5-7(6-4-2)8(9)10/h3-6H,1-2H3;3-6H,1H2,2H3/b;6-4-,7-5+. The third-order valence-corrected chi connectivity index (χ3v) is 3.08. The maximum Gasteiger partial charge on any atom is 0.269 e.